The van der Waals surface area contributed by atoms with Gasteiger partial charge in [-0.2, -0.15) is 0 Å². The fourth-order valence-corrected chi connectivity index (χ4v) is 3.53. The average molecular weight is 374 g/mol. The number of nitrogens with zero attached hydrogens (tertiary/aromatic N) is 1. The quantitative estimate of drug-likeness (QED) is 0.400. The van der Waals surface area contributed by atoms with Crippen LogP contribution >= 0.6 is 11.8 Å². The fraction of sp³-hybridized carbons (Fsp3) is 0.316. The van der Waals surface area contributed by atoms with Crippen LogP contribution in [0.1, 0.15) is 30.6 Å². The van der Waals surface area contributed by atoms with E-state index in [0.717, 1.165) is 12.2 Å². The molecule has 138 valence electrons. The first-order chi connectivity index (χ1) is 12.4. The van der Waals surface area contributed by atoms with Crippen LogP contribution in [0, 0.1) is 16.0 Å². The predicted octanol–water partition coefficient (Wildman–Crippen LogP) is 4.99. The second-order valence-electron chi connectivity index (χ2n) is 6.13. The summed E-state index contributed by atoms with van der Waals surface area (Å²) in [5.74, 6) is 1.44. The molecular formula is C19H22N2O4S. The predicted molar refractivity (Wildman–Crippen MR) is 104 cm³/mol. The Hall–Kier alpha value is -2.54. The number of ether oxygens (including phenoxy) is 1. The molecule has 0 unspecified atom stereocenters. The fourth-order valence-electron chi connectivity index (χ4n) is 2.27. The molecule has 1 amide bonds. The van der Waals surface area contributed by atoms with Gasteiger partial charge in [0.05, 0.1) is 22.6 Å². The van der Waals surface area contributed by atoms with Crippen LogP contribution in [0.3, 0.4) is 0 Å². The number of para-hydroxylation sites is 2. The van der Waals surface area contributed by atoms with Gasteiger partial charge in [-0.25, -0.2) is 0 Å². The molecule has 26 heavy (non-hydrogen) atoms. The van der Waals surface area contributed by atoms with Crippen molar-refractivity contribution in [2.24, 2.45) is 5.92 Å². The number of carbonyl (C=O) groups is 1. The summed E-state index contributed by atoms with van der Waals surface area (Å²) >= 11 is 1.44. The van der Waals surface area contributed by atoms with Crippen molar-refractivity contribution in [2.75, 3.05) is 18.2 Å². The maximum Gasteiger partial charge on any atom is 0.283 e. The van der Waals surface area contributed by atoms with E-state index in [9.17, 15) is 14.9 Å². The minimum absolute atomic E-state index is 0.0496. The minimum Gasteiger partial charge on any atom is -0.495 e. The Labute approximate surface area is 157 Å². The van der Waals surface area contributed by atoms with E-state index in [2.05, 4.69) is 19.2 Å². The third-order valence-corrected chi connectivity index (χ3v) is 4.82. The van der Waals surface area contributed by atoms with Crippen LogP contribution in [0.15, 0.2) is 47.4 Å². The summed E-state index contributed by atoms with van der Waals surface area (Å²) in [5.41, 5.74) is 0.695. The lowest BCUT2D eigenvalue weighted by atomic mass is 10.1. The highest BCUT2D eigenvalue weighted by Crippen LogP contribution is 2.32. The number of thioether (sulfide) groups is 1. The number of nitrogens with one attached hydrogen (secondary N) is 1. The number of nitro groups is 1. The molecule has 0 aromatic heterocycles. The largest absolute Gasteiger partial charge is 0.495 e. The van der Waals surface area contributed by atoms with Crippen molar-refractivity contribution in [1.82, 2.24) is 0 Å². The van der Waals surface area contributed by atoms with E-state index in [1.54, 1.807) is 36.4 Å². The molecule has 0 atom stereocenters. The standard InChI is InChI=1S/C19H22N2O4S/c1-13(2)10-11-26-18-9-8-14(12-16(18)21(23)24)19(22)20-15-6-4-5-7-17(15)25-3/h4-9,12-13H,10-11H2,1-3H3,(H,20,22). The Bertz CT molecular complexity index is 793. The lowest BCUT2D eigenvalue weighted by molar-refractivity contribution is -0.387. The summed E-state index contributed by atoms with van der Waals surface area (Å²) in [5, 5.41) is 14.1. The molecule has 0 aliphatic heterocycles. The highest BCUT2D eigenvalue weighted by molar-refractivity contribution is 7.99. The number of nitro benzene ring substituents is 1. The molecule has 2 aromatic carbocycles. The van der Waals surface area contributed by atoms with E-state index in [1.807, 2.05) is 0 Å². The van der Waals surface area contributed by atoms with Crippen LogP contribution in [0.4, 0.5) is 11.4 Å². The van der Waals surface area contributed by atoms with Crippen molar-refractivity contribution in [1.29, 1.82) is 0 Å². The zero-order valence-electron chi connectivity index (χ0n) is 15.0. The molecule has 0 spiro atoms. The van der Waals surface area contributed by atoms with E-state index < -0.39 is 10.8 Å². The Morgan fingerprint density at radius 2 is 2.00 bits per heavy atom. The number of methoxy groups -OCH3 is 1. The number of amides is 1. The Morgan fingerprint density at radius 3 is 2.65 bits per heavy atom. The van der Waals surface area contributed by atoms with E-state index in [1.165, 1.54) is 24.9 Å². The van der Waals surface area contributed by atoms with E-state index in [4.69, 9.17) is 4.74 Å². The number of hydrogen-bond acceptors (Lipinski definition) is 5. The van der Waals surface area contributed by atoms with Crippen molar-refractivity contribution >= 4 is 29.0 Å². The van der Waals surface area contributed by atoms with Gasteiger partial charge in [0.2, 0.25) is 0 Å². The first-order valence-electron chi connectivity index (χ1n) is 8.28. The maximum absolute atomic E-state index is 12.5. The van der Waals surface area contributed by atoms with Gasteiger partial charge >= 0.3 is 0 Å². The SMILES string of the molecule is COc1ccccc1NC(=O)c1ccc(SCCC(C)C)c([N+](=O)[O-])c1. The molecule has 0 fully saturated rings. The van der Waals surface area contributed by atoms with Crippen molar-refractivity contribution in [3.63, 3.8) is 0 Å². The lowest BCUT2D eigenvalue weighted by Gasteiger charge is -2.10. The minimum atomic E-state index is -0.447. The highest BCUT2D eigenvalue weighted by Gasteiger charge is 2.18. The summed E-state index contributed by atoms with van der Waals surface area (Å²) in [4.78, 5) is 24.0. The summed E-state index contributed by atoms with van der Waals surface area (Å²) in [6.07, 6.45) is 0.970. The molecule has 2 rings (SSSR count). The van der Waals surface area contributed by atoms with Crippen molar-refractivity contribution in [3.8, 4) is 5.75 Å². The molecule has 7 heteroatoms. The third-order valence-electron chi connectivity index (χ3n) is 3.73. The molecule has 0 saturated heterocycles. The highest BCUT2D eigenvalue weighted by atomic mass is 32.2. The van der Waals surface area contributed by atoms with Crippen LogP contribution in [0.5, 0.6) is 5.75 Å². The number of benzene rings is 2. The molecule has 0 bridgehead atoms. The van der Waals surface area contributed by atoms with Crippen LogP contribution < -0.4 is 10.1 Å². The van der Waals surface area contributed by atoms with Gasteiger partial charge in [0.15, 0.2) is 0 Å². The molecule has 0 heterocycles. The molecular weight excluding hydrogens is 352 g/mol. The molecule has 0 aliphatic carbocycles. The second kappa shape index (κ2) is 9.24. The van der Waals surface area contributed by atoms with Gasteiger partial charge in [-0.3, -0.25) is 14.9 Å². The topological polar surface area (TPSA) is 81.5 Å². The van der Waals surface area contributed by atoms with Gasteiger partial charge in [-0.05, 0) is 42.4 Å². The van der Waals surface area contributed by atoms with E-state index >= 15 is 0 Å². The molecule has 6 nitrogen and oxygen atoms in total. The average Bonchev–Trinajstić information content (AvgIpc) is 2.61. The molecule has 0 radical (unpaired) electrons. The smallest absolute Gasteiger partial charge is 0.283 e. The Kier molecular flexibility index (Phi) is 7.03. The summed E-state index contributed by atoms with van der Waals surface area (Å²) in [7, 11) is 1.51. The lowest BCUT2D eigenvalue weighted by Crippen LogP contribution is -2.13. The van der Waals surface area contributed by atoms with Gasteiger partial charge in [0, 0.05) is 11.6 Å². The summed E-state index contributed by atoms with van der Waals surface area (Å²) in [6, 6.07) is 11.6. The zero-order valence-corrected chi connectivity index (χ0v) is 15.8. The van der Waals surface area contributed by atoms with E-state index in [-0.39, 0.29) is 11.3 Å². The van der Waals surface area contributed by atoms with Crippen molar-refractivity contribution in [2.45, 2.75) is 25.2 Å². The van der Waals surface area contributed by atoms with Gasteiger partial charge in [-0.1, -0.05) is 26.0 Å². The van der Waals surface area contributed by atoms with Gasteiger partial charge in [-0.15, -0.1) is 11.8 Å². The number of rotatable bonds is 8. The summed E-state index contributed by atoms with van der Waals surface area (Å²) < 4.78 is 5.20. The third kappa shape index (κ3) is 5.23. The van der Waals surface area contributed by atoms with Gasteiger partial charge < -0.3 is 10.1 Å². The van der Waals surface area contributed by atoms with Gasteiger partial charge in [0.25, 0.3) is 11.6 Å². The maximum atomic E-state index is 12.5. The normalized spacial score (nSPS) is 10.6. The number of carbonyl (C=O) groups excluding carboxylic acids is 1. The van der Waals surface area contributed by atoms with Crippen LogP contribution in [-0.2, 0) is 0 Å². The van der Waals surface area contributed by atoms with Crippen molar-refractivity contribution < 1.29 is 14.5 Å². The van der Waals surface area contributed by atoms with Crippen LogP contribution in [0.25, 0.3) is 0 Å². The molecule has 0 saturated carbocycles. The van der Waals surface area contributed by atoms with Crippen LogP contribution in [-0.4, -0.2) is 23.7 Å². The number of hydrogen-bond donors (Lipinski definition) is 1. The first-order valence-corrected chi connectivity index (χ1v) is 9.26. The molecule has 2 aromatic rings. The molecule has 1 N–H and O–H groups in total. The summed E-state index contributed by atoms with van der Waals surface area (Å²) in [6.45, 7) is 4.22. The Balaban J connectivity index is 2.20. The number of anilines is 1. The first kappa shape index (κ1) is 19.8. The second-order valence-corrected chi connectivity index (χ2v) is 7.26. The Morgan fingerprint density at radius 1 is 1.27 bits per heavy atom. The zero-order chi connectivity index (χ0) is 19.1. The monoisotopic (exact) mass is 374 g/mol. The molecule has 0 aliphatic rings. The van der Waals surface area contributed by atoms with Crippen LogP contribution in [0.2, 0.25) is 0 Å². The van der Waals surface area contributed by atoms with E-state index in [0.29, 0.717) is 22.3 Å². The van der Waals surface area contributed by atoms with Gasteiger partial charge in [0.1, 0.15) is 5.75 Å². The van der Waals surface area contributed by atoms with Crippen molar-refractivity contribution in [3.05, 3.63) is 58.1 Å².